The van der Waals surface area contributed by atoms with E-state index in [0.29, 0.717) is 17.1 Å². The molecule has 0 spiro atoms. The van der Waals surface area contributed by atoms with Crippen molar-refractivity contribution >= 4 is 27.3 Å². The highest BCUT2D eigenvalue weighted by Crippen LogP contribution is 2.41. The normalized spacial score (nSPS) is 16.2. The molecule has 1 heterocycles. The van der Waals surface area contributed by atoms with Gasteiger partial charge in [0.25, 0.3) is 0 Å². The van der Waals surface area contributed by atoms with Gasteiger partial charge in [-0.1, -0.05) is 24.3 Å². The molecule has 0 aliphatic carbocycles. The lowest BCUT2D eigenvalue weighted by Crippen LogP contribution is -2.25. The number of nitrogens with one attached hydrogen (secondary N) is 1. The van der Waals surface area contributed by atoms with Gasteiger partial charge in [0, 0.05) is 0 Å². The molecular weight excluding hydrogens is 248 g/mol. The molecule has 0 aromatic heterocycles. The molecule has 1 aliphatic rings. The van der Waals surface area contributed by atoms with Crippen molar-refractivity contribution in [2.24, 2.45) is 0 Å². The van der Waals surface area contributed by atoms with Crippen molar-refractivity contribution in [1.82, 2.24) is 0 Å². The van der Waals surface area contributed by atoms with Crippen molar-refractivity contribution in [3.8, 4) is 0 Å². The summed E-state index contributed by atoms with van der Waals surface area (Å²) in [7, 11) is -3.53. The van der Waals surface area contributed by atoms with E-state index in [1.807, 2.05) is 43.3 Å². The van der Waals surface area contributed by atoms with Gasteiger partial charge < -0.3 is 0 Å². The predicted molar refractivity (Wildman–Crippen MR) is 72.3 cm³/mol. The number of hydrogen-bond acceptors (Lipinski definition) is 2. The van der Waals surface area contributed by atoms with Crippen LogP contribution in [0.1, 0.15) is 5.56 Å². The van der Waals surface area contributed by atoms with Crippen molar-refractivity contribution in [3.63, 3.8) is 0 Å². The molecule has 2 aromatic rings. The first-order valence-electron chi connectivity index (χ1n) is 5.57. The van der Waals surface area contributed by atoms with Crippen LogP contribution in [-0.4, -0.2) is 8.42 Å². The second-order valence-electron chi connectivity index (χ2n) is 4.23. The predicted octanol–water partition coefficient (Wildman–Crippen LogP) is 2.80. The Labute approximate surface area is 106 Å². The van der Waals surface area contributed by atoms with Gasteiger partial charge in [-0.2, -0.15) is 8.42 Å². The van der Waals surface area contributed by atoms with Gasteiger partial charge in [-0.3, -0.25) is 4.72 Å². The summed E-state index contributed by atoms with van der Waals surface area (Å²) in [5.74, 6) is 0. The summed E-state index contributed by atoms with van der Waals surface area (Å²) in [6.45, 7) is 1.93. The molecule has 92 valence electrons. The van der Waals surface area contributed by atoms with E-state index in [9.17, 15) is 8.42 Å². The highest BCUT2D eigenvalue weighted by molar-refractivity contribution is 7.95. The van der Waals surface area contributed by atoms with E-state index in [1.165, 1.54) is 4.31 Å². The van der Waals surface area contributed by atoms with Crippen molar-refractivity contribution in [3.05, 3.63) is 54.1 Å². The average Bonchev–Trinajstić information content (AvgIpc) is 2.59. The van der Waals surface area contributed by atoms with E-state index >= 15 is 0 Å². The first-order valence-corrected chi connectivity index (χ1v) is 7.01. The summed E-state index contributed by atoms with van der Waals surface area (Å²) in [6, 6.07) is 14.6. The Morgan fingerprint density at radius 2 is 1.78 bits per heavy atom. The Morgan fingerprint density at radius 1 is 1.06 bits per heavy atom. The Balaban J connectivity index is 2.21. The smallest absolute Gasteiger partial charge is 0.264 e. The molecule has 0 saturated carbocycles. The van der Waals surface area contributed by atoms with Gasteiger partial charge in [-0.05, 0) is 36.8 Å². The van der Waals surface area contributed by atoms with Crippen molar-refractivity contribution in [2.75, 3.05) is 9.03 Å². The topological polar surface area (TPSA) is 49.4 Å². The van der Waals surface area contributed by atoms with E-state index in [4.69, 9.17) is 0 Å². The van der Waals surface area contributed by atoms with Crippen LogP contribution < -0.4 is 9.03 Å². The van der Waals surface area contributed by atoms with Crippen LogP contribution in [0, 0.1) is 6.92 Å². The van der Waals surface area contributed by atoms with Crippen molar-refractivity contribution in [1.29, 1.82) is 0 Å². The number of para-hydroxylation sites is 1. The molecule has 1 N–H and O–H groups in total. The van der Waals surface area contributed by atoms with E-state index in [2.05, 4.69) is 4.72 Å². The van der Waals surface area contributed by atoms with Gasteiger partial charge in [0.2, 0.25) is 0 Å². The molecule has 0 bridgehead atoms. The van der Waals surface area contributed by atoms with Crippen LogP contribution in [0.25, 0.3) is 0 Å². The van der Waals surface area contributed by atoms with Gasteiger partial charge in [0.1, 0.15) is 0 Å². The second kappa shape index (κ2) is 3.74. The number of aryl methyl sites for hydroxylation is 1. The fourth-order valence-corrected chi connectivity index (χ4v) is 3.41. The molecular formula is C13H12N2O2S. The summed E-state index contributed by atoms with van der Waals surface area (Å²) in [5, 5.41) is 0. The minimum atomic E-state index is -3.53. The molecule has 4 nitrogen and oxygen atoms in total. The molecule has 0 fully saturated rings. The summed E-state index contributed by atoms with van der Waals surface area (Å²) >= 11 is 0. The van der Waals surface area contributed by atoms with Gasteiger partial charge in [0.15, 0.2) is 0 Å². The Kier molecular flexibility index (Phi) is 2.31. The van der Waals surface area contributed by atoms with Crippen molar-refractivity contribution in [2.45, 2.75) is 6.92 Å². The molecule has 0 radical (unpaired) electrons. The lowest BCUT2D eigenvalue weighted by atomic mass is 10.2. The van der Waals surface area contributed by atoms with Crippen LogP contribution in [0.2, 0.25) is 0 Å². The average molecular weight is 260 g/mol. The van der Waals surface area contributed by atoms with Gasteiger partial charge in [-0.25, -0.2) is 4.31 Å². The molecule has 0 atom stereocenters. The number of rotatable bonds is 1. The Bertz CT molecular complexity index is 696. The summed E-state index contributed by atoms with van der Waals surface area (Å²) in [5.41, 5.74) is 2.93. The third-order valence-corrected chi connectivity index (χ3v) is 4.21. The molecule has 5 heteroatoms. The molecule has 2 aromatic carbocycles. The van der Waals surface area contributed by atoms with E-state index in [-0.39, 0.29) is 0 Å². The standard InChI is InChI=1S/C13H12N2O2S/c1-10-7-8-13-12(9-10)14-18(16,17)15(13)11-5-3-2-4-6-11/h2-9,14H,1H3. The van der Waals surface area contributed by atoms with Crippen LogP contribution in [0.5, 0.6) is 0 Å². The quantitative estimate of drug-likeness (QED) is 0.857. The van der Waals surface area contributed by atoms with Gasteiger partial charge >= 0.3 is 10.2 Å². The lowest BCUT2D eigenvalue weighted by Gasteiger charge is -2.16. The number of anilines is 3. The van der Waals surface area contributed by atoms with Gasteiger partial charge in [-0.15, -0.1) is 0 Å². The summed E-state index contributed by atoms with van der Waals surface area (Å²) < 4.78 is 28.2. The SMILES string of the molecule is Cc1ccc2c(c1)NS(=O)(=O)N2c1ccccc1. The maximum absolute atomic E-state index is 12.1. The number of benzene rings is 2. The highest BCUT2D eigenvalue weighted by atomic mass is 32.2. The summed E-state index contributed by atoms with van der Waals surface area (Å²) in [6.07, 6.45) is 0. The van der Waals surface area contributed by atoms with E-state index < -0.39 is 10.2 Å². The first-order chi connectivity index (χ1) is 8.58. The fraction of sp³-hybridized carbons (Fsp3) is 0.0769. The van der Waals surface area contributed by atoms with Crippen LogP contribution in [0.4, 0.5) is 17.1 Å². The molecule has 18 heavy (non-hydrogen) atoms. The van der Waals surface area contributed by atoms with Crippen LogP contribution in [0.3, 0.4) is 0 Å². The largest absolute Gasteiger partial charge is 0.328 e. The zero-order valence-corrected chi connectivity index (χ0v) is 10.6. The van der Waals surface area contributed by atoms with Crippen LogP contribution in [0.15, 0.2) is 48.5 Å². The number of hydrogen-bond donors (Lipinski definition) is 1. The minimum absolute atomic E-state index is 0.624. The third kappa shape index (κ3) is 1.64. The van der Waals surface area contributed by atoms with Gasteiger partial charge in [0.05, 0.1) is 17.1 Å². The monoisotopic (exact) mass is 260 g/mol. The zero-order chi connectivity index (χ0) is 12.8. The van der Waals surface area contributed by atoms with E-state index in [1.54, 1.807) is 12.1 Å². The minimum Gasteiger partial charge on any atom is -0.264 e. The maximum atomic E-state index is 12.1. The number of nitrogens with zero attached hydrogens (tertiary/aromatic N) is 1. The maximum Gasteiger partial charge on any atom is 0.328 e. The van der Waals surface area contributed by atoms with Crippen LogP contribution >= 0.6 is 0 Å². The molecule has 0 amide bonds. The van der Waals surface area contributed by atoms with Crippen molar-refractivity contribution < 1.29 is 8.42 Å². The Hall–Kier alpha value is -2.01. The Morgan fingerprint density at radius 3 is 2.50 bits per heavy atom. The molecule has 3 rings (SSSR count). The molecule has 0 unspecified atom stereocenters. The number of fused-ring (bicyclic) bond motifs is 1. The lowest BCUT2D eigenvalue weighted by molar-refractivity contribution is 0.603. The molecule has 0 saturated heterocycles. The highest BCUT2D eigenvalue weighted by Gasteiger charge is 2.33. The first kappa shape index (κ1) is 11.1. The fourth-order valence-electron chi connectivity index (χ4n) is 2.06. The zero-order valence-electron chi connectivity index (χ0n) is 9.79. The van der Waals surface area contributed by atoms with Crippen LogP contribution in [-0.2, 0) is 10.2 Å². The molecule has 1 aliphatic heterocycles. The van der Waals surface area contributed by atoms with E-state index in [0.717, 1.165) is 5.56 Å². The third-order valence-electron chi connectivity index (χ3n) is 2.84. The second-order valence-corrected chi connectivity index (χ2v) is 5.75. The summed E-state index contributed by atoms with van der Waals surface area (Å²) in [4.78, 5) is 0.